The summed E-state index contributed by atoms with van der Waals surface area (Å²) in [4.78, 5) is 0. The van der Waals surface area contributed by atoms with E-state index >= 15 is 0 Å². The fourth-order valence-electron chi connectivity index (χ4n) is 2.82. The van der Waals surface area contributed by atoms with Crippen molar-refractivity contribution in [3.63, 3.8) is 0 Å². The van der Waals surface area contributed by atoms with E-state index in [1.165, 1.54) is 0 Å². The highest BCUT2D eigenvalue weighted by atomic mass is 15.0. The molecule has 1 N–H and O–H groups in total. The number of nitrogens with zero attached hydrogens (tertiary/aromatic N) is 1. The van der Waals surface area contributed by atoms with Crippen LogP contribution in [0.15, 0.2) is 0 Å². The van der Waals surface area contributed by atoms with Crippen molar-refractivity contribution in [1.29, 1.82) is 5.26 Å². The molecule has 2 heteroatoms. The second-order valence-electron chi connectivity index (χ2n) is 6.30. The highest BCUT2D eigenvalue weighted by Gasteiger charge is 2.48. The molecule has 1 fully saturated rings. The van der Waals surface area contributed by atoms with Crippen LogP contribution in [-0.4, -0.2) is 12.1 Å². The quantitative estimate of drug-likeness (QED) is 0.774. The van der Waals surface area contributed by atoms with Crippen LogP contribution in [0.2, 0.25) is 0 Å². The summed E-state index contributed by atoms with van der Waals surface area (Å²) in [5.41, 5.74) is 0.0207. The van der Waals surface area contributed by atoms with E-state index in [0.717, 1.165) is 19.4 Å². The number of nitriles is 1. The van der Waals surface area contributed by atoms with Crippen LogP contribution in [-0.2, 0) is 0 Å². The Morgan fingerprint density at radius 2 is 2.07 bits per heavy atom. The van der Waals surface area contributed by atoms with Gasteiger partial charge in [-0.05, 0) is 36.6 Å². The van der Waals surface area contributed by atoms with Crippen molar-refractivity contribution in [3.05, 3.63) is 0 Å². The third-order valence-electron chi connectivity index (χ3n) is 3.48. The van der Waals surface area contributed by atoms with Crippen molar-refractivity contribution in [2.75, 3.05) is 6.54 Å². The van der Waals surface area contributed by atoms with Gasteiger partial charge in [0.25, 0.3) is 0 Å². The Balaban J connectivity index is 2.74. The van der Waals surface area contributed by atoms with Gasteiger partial charge in [0.15, 0.2) is 0 Å². The van der Waals surface area contributed by atoms with E-state index in [1.54, 1.807) is 0 Å². The summed E-state index contributed by atoms with van der Waals surface area (Å²) in [6, 6.07) is 2.53. The average molecular weight is 208 g/mol. The van der Waals surface area contributed by atoms with E-state index in [4.69, 9.17) is 0 Å². The molecule has 86 valence electrons. The molecule has 0 spiro atoms. The lowest BCUT2D eigenvalue weighted by atomic mass is 9.87. The molecule has 1 aliphatic rings. The predicted molar refractivity (Wildman–Crippen MR) is 63.4 cm³/mol. The van der Waals surface area contributed by atoms with Gasteiger partial charge in [-0.15, -0.1) is 0 Å². The maximum absolute atomic E-state index is 9.42. The molecular weight excluding hydrogens is 184 g/mol. The van der Waals surface area contributed by atoms with Gasteiger partial charge in [0, 0.05) is 0 Å². The fourth-order valence-corrected chi connectivity index (χ4v) is 2.82. The van der Waals surface area contributed by atoms with Crippen molar-refractivity contribution in [1.82, 2.24) is 5.32 Å². The molecule has 0 aromatic rings. The van der Waals surface area contributed by atoms with Crippen LogP contribution in [0.1, 0.15) is 47.5 Å². The Morgan fingerprint density at radius 3 is 2.40 bits per heavy atom. The van der Waals surface area contributed by atoms with Crippen molar-refractivity contribution >= 4 is 0 Å². The molecular formula is C13H24N2. The molecule has 0 radical (unpaired) electrons. The van der Waals surface area contributed by atoms with Crippen LogP contribution in [0.5, 0.6) is 0 Å². The van der Waals surface area contributed by atoms with E-state index < -0.39 is 0 Å². The summed E-state index contributed by atoms with van der Waals surface area (Å²) in [6.45, 7) is 12.0. The Kier molecular flexibility index (Phi) is 3.45. The van der Waals surface area contributed by atoms with Crippen LogP contribution in [0.25, 0.3) is 0 Å². The first-order chi connectivity index (χ1) is 6.81. The average Bonchev–Trinajstić information content (AvgIpc) is 2.33. The van der Waals surface area contributed by atoms with Gasteiger partial charge >= 0.3 is 0 Å². The van der Waals surface area contributed by atoms with Crippen molar-refractivity contribution < 1.29 is 0 Å². The Labute approximate surface area is 94.1 Å². The molecule has 0 aromatic carbocycles. The Hall–Kier alpha value is -0.550. The molecule has 0 bridgehead atoms. The molecule has 15 heavy (non-hydrogen) atoms. The van der Waals surface area contributed by atoms with Crippen LogP contribution in [0.3, 0.4) is 0 Å². The largest absolute Gasteiger partial charge is 0.299 e. The molecule has 0 saturated heterocycles. The lowest BCUT2D eigenvalue weighted by Crippen LogP contribution is -2.48. The fraction of sp³-hybridized carbons (Fsp3) is 0.923. The predicted octanol–water partition coefficient (Wildman–Crippen LogP) is 2.95. The number of hydrogen-bond acceptors (Lipinski definition) is 2. The monoisotopic (exact) mass is 208 g/mol. The summed E-state index contributed by atoms with van der Waals surface area (Å²) < 4.78 is 0. The molecule has 0 heterocycles. The molecule has 0 amide bonds. The summed E-state index contributed by atoms with van der Waals surface area (Å²) in [6.07, 6.45) is 2.12. The smallest absolute Gasteiger partial charge is 0.109 e. The maximum atomic E-state index is 9.42. The van der Waals surface area contributed by atoms with Crippen molar-refractivity contribution in [3.8, 4) is 6.07 Å². The Morgan fingerprint density at radius 1 is 1.47 bits per heavy atom. The number of rotatable bonds is 3. The van der Waals surface area contributed by atoms with Crippen molar-refractivity contribution in [2.45, 2.75) is 53.0 Å². The van der Waals surface area contributed by atoms with E-state index in [1.807, 2.05) is 0 Å². The first-order valence-corrected chi connectivity index (χ1v) is 5.98. The summed E-state index contributed by atoms with van der Waals surface area (Å²) in [7, 11) is 0. The molecule has 1 rings (SSSR count). The van der Waals surface area contributed by atoms with Gasteiger partial charge in [-0.1, -0.05) is 34.6 Å². The minimum absolute atomic E-state index is 0.284. The van der Waals surface area contributed by atoms with Gasteiger partial charge in [-0.3, -0.25) is 5.32 Å². The summed E-state index contributed by atoms with van der Waals surface area (Å²) in [5, 5.41) is 12.9. The molecule has 2 atom stereocenters. The lowest BCUT2D eigenvalue weighted by molar-refractivity contribution is 0.308. The molecule has 0 aromatic heterocycles. The van der Waals surface area contributed by atoms with Gasteiger partial charge in [-0.2, -0.15) is 5.26 Å². The Bertz CT molecular complexity index is 262. The molecule has 2 unspecified atom stereocenters. The highest BCUT2D eigenvalue weighted by Crippen LogP contribution is 2.47. The summed E-state index contributed by atoms with van der Waals surface area (Å²) >= 11 is 0. The van der Waals surface area contributed by atoms with Crippen LogP contribution < -0.4 is 5.32 Å². The minimum Gasteiger partial charge on any atom is -0.299 e. The first-order valence-electron chi connectivity index (χ1n) is 5.98. The first kappa shape index (κ1) is 12.5. The summed E-state index contributed by atoms with van der Waals surface area (Å²) in [5.74, 6) is 1.06. The molecule has 2 nitrogen and oxygen atoms in total. The van der Waals surface area contributed by atoms with Crippen molar-refractivity contribution in [2.24, 2.45) is 17.3 Å². The molecule has 1 aliphatic carbocycles. The van der Waals surface area contributed by atoms with Gasteiger partial charge < -0.3 is 0 Å². The third kappa shape index (κ3) is 2.72. The van der Waals surface area contributed by atoms with E-state index in [-0.39, 0.29) is 5.54 Å². The molecule has 1 saturated carbocycles. The highest BCUT2D eigenvalue weighted by molar-refractivity contribution is 5.16. The third-order valence-corrected chi connectivity index (χ3v) is 3.48. The second-order valence-corrected chi connectivity index (χ2v) is 6.30. The topological polar surface area (TPSA) is 35.8 Å². The molecule has 0 aliphatic heterocycles. The van der Waals surface area contributed by atoms with E-state index in [2.05, 4.69) is 46.0 Å². The van der Waals surface area contributed by atoms with Gasteiger partial charge in [0.05, 0.1) is 6.07 Å². The number of hydrogen-bond donors (Lipinski definition) is 1. The van der Waals surface area contributed by atoms with E-state index in [0.29, 0.717) is 17.3 Å². The number of nitrogens with one attached hydrogen (secondary N) is 1. The van der Waals surface area contributed by atoms with E-state index in [9.17, 15) is 5.26 Å². The van der Waals surface area contributed by atoms with Gasteiger partial charge in [-0.25, -0.2) is 0 Å². The normalized spacial score (nSPS) is 34.3. The van der Waals surface area contributed by atoms with Crippen LogP contribution in [0, 0.1) is 28.6 Å². The standard InChI is InChI=1S/C13H24N2/c1-10(2)7-15-13(9-14)8-12(4,5)6-11(13)3/h10-11,15H,6-8H2,1-5H3. The maximum Gasteiger partial charge on any atom is 0.109 e. The zero-order valence-electron chi connectivity index (χ0n) is 10.7. The van der Waals surface area contributed by atoms with Crippen LogP contribution in [0.4, 0.5) is 0 Å². The lowest BCUT2D eigenvalue weighted by Gasteiger charge is -2.29. The SMILES string of the molecule is CC(C)CNC1(C#N)CC(C)(C)CC1C. The second kappa shape index (κ2) is 4.14. The zero-order valence-corrected chi connectivity index (χ0v) is 10.7. The van der Waals surface area contributed by atoms with Crippen LogP contribution >= 0.6 is 0 Å². The van der Waals surface area contributed by atoms with Gasteiger partial charge in [0.1, 0.15) is 5.54 Å². The minimum atomic E-state index is -0.284. The zero-order chi connectivity index (χ0) is 11.7. The van der Waals surface area contributed by atoms with Gasteiger partial charge in [0.2, 0.25) is 0 Å².